The van der Waals surface area contributed by atoms with Gasteiger partial charge in [0.05, 0.1) is 12.0 Å². The number of carbonyl (C=O) groups excluding carboxylic acids is 1. The molecule has 0 spiro atoms. The van der Waals surface area contributed by atoms with Crippen LogP contribution in [0, 0.1) is 5.41 Å². The van der Waals surface area contributed by atoms with Gasteiger partial charge in [0.25, 0.3) is 0 Å². The van der Waals surface area contributed by atoms with E-state index in [-0.39, 0.29) is 19.1 Å². The third-order valence-corrected chi connectivity index (χ3v) is 2.46. The fraction of sp³-hybridized carbons (Fsp3) is 0.600. The molecule has 0 aliphatic carbocycles. The number of rotatable bonds is 5. The predicted molar refractivity (Wildman–Crippen MR) is 62.7 cm³/mol. The molecule has 0 radical (unpaired) electrons. The number of nitrogens with zero attached hydrogens (tertiary/aromatic N) is 3. The third kappa shape index (κ3) is 3.72. The molecule has 0 saturated carbocycles. The summed E-state index contributed by atoms with van der Waals surface area (Å²) in [6.07, 6.45) is 1.36. The van der Waals surface area contributed by atoms with Gasteiger partial charge in [-0.2, -0.15) is 5.10 Å². The fourth-order valence-corrected chi connectivity index (χ4v) is 1.11. The van der Waals surface area contributed by atoms with Crippen LogP contribution in [-0.4, -0.2) is 50.8 Å². The Kier molecular flexibility index (Phi) is 4.24. The minimum Gasteiger partial charge on any atom is -0.481 e. The summed E-state index contributed by atoms with van der Waals surface area (Å²) in [5.41, 5.74) is -0.997. The van der Waals surface area contributed by atoms with Crippen LogP contribution in [0.5, 0.6) is 0 Å². The lowest BCUT2D eigenvalue weighted by Gasteiger charge is -2.22. The molecule has 0 atom stereocenters. The number of aromatic nitrogens is 3. The number of aromatic amines is 1. The van der Waals surface area contributed by atoms with E-state index >= 15 is 0 Å². The van der Waals surface area contributed by atoms with Gasteiger partial charge >= 0.3 is 12.0 Å². The number of urea groups is 1. The molecule has 0 aliphatic heterocycles. The zero-order chi connectivity index (χ0) is 13.8. The van der Waals surface area contributed by atoms with Crippen LogP contribution in [-0.2, 0) is 11.3 Å². The van der Waals surface area contributed by atoms with E-state index in [1.165, 1.54) is 11.2 Å². The molecule has 0 aliphatic rings. The van der Waals surface area contributed by atoms with Gasteiger partial charge in [-0.05, 0) is 13.8 Å². The van der Waals surface area contributed by atoms with E-state index in [2.05, 4.69) is 20.5 Å². The second-order valence-corrected chi connectivity index (χ2v) is 4.64. The molecule has 3 N–H and O–H groups in total. The molecule has 0 aromatic carbocycles. The van der Waals surface area contributed by atoms with E-state index < -0.39 is 11.4 Å². The Hall–Kier alpha value is -2.12. The summed E-state index contributed by atoms with van der Waals surface area (Å²) in [6.45, 7) is 3.43. The van der Waals surface area contributed by atoms with Crippen molar-refractivity contribution in [2.24, 2.45) is 5.41 Å². The number of H-pyrrole nitrogens is 1. The van der Waals surface area contributed by atoms with Gasteiger partial charge in [-0.15, -0.1) is 0 Å². The van der Waals surface area contributed by atoms with E-state index in [0.717, 1.165) is 0 Å². The summed E-state index contributed by atoms with van der Waals surface area (Å²) in [6, 6.07) is -0.360. The molecule has 1 rings (SSSR count). The van der Waals surface area contributed by atoms with Gasteiger partial charge in [0.1, 0.15) is 12.2 Å². The maximum absolute atomic E-state index is 11.7. The summed E-state index contributed by atoms with van der Waals surface area (Å²) in [4.78, 5) is 27.9. The van der Waals surface area contributed by atoms with Gasteiger partial charge in [0, 0.05) is 13.6 Å². The number of carboxylic acid groups (broad SMARTS) is 1. The van der Waals surface area contributed by atoms with Crippen molar-refractivity contribution in [3.63, 3.8) is 0 Å². The van der Waals surface area contributed by atoms with E-state index in [4.69, 9.17) is 5.11 Å². The first-order valence-electron chi connectivity index (χ1n) is 5.39. The minimum absolute atomic E-state index is 0.0575. The molecule has 1 aromatic rings. The Morgan fingerprint density at radius 2 is 2.22 bits per heavy atom. The highest BCUT2D eigenvalue weighted by Crippen LogP contribution is 2.13. The number of amides is 2. The van der Waals surface area contributed by atoms with Crippen molar-refractivity contribution < 1.29 is 14.7 Å². The first kappa shape index (κ1) is 13.9. The second-order valence-electron chi connectivity index (χ2n) is 4.64. The quantitative estimate of drug-likeness (QED) is 0.688. The van der Waals surface area contributed by atoms with Crippen LogP contribution in [0.2, 0.25) is 0 Å². The van der Waals surface area contributed by atoms with Crippen LogP contribution in [0.4, 0.5) is 4.79 Å². The second kappa shape index (κ2) is 5.48. The van der Waals surface area contributed by atoms with Crippen LogP contribution in [0.3, 0.4) is 0 Å². The first-order valence-corrected chi connectivity index (χ1v) is 5.39. The van der Waals surface area contributed by atoms with Crippen LogP contribution >= 0.6 is 0 Å². The highest BCUT2D eigenvalue weighted by atomic mass is 16.4. The van der Waals surface area contributed by atoms with Crippen LogP contribution in [0.25, 0.3) is 0 Å². The molecule has 2 amide bonds. The zero-order valence-electron chi connectivity index (χ0n) is 10.6. The highest BCUT2D eigenvalue weighted by Gasteiger charge is 2.28. The largest absolute Gasteiger partial charge is 0.481 e. The number of aliphatic carboxylic acids is 1. The van der Waals surface area contributed by atoms with Gasteiger partial charge in [0.2, 0.25) is 0 Å². The molecular formula is C10H17N5O3. The topological polar surface area (TPSA) is 111 Å². The lowest BCUT2D eigenvalue weighted by molar-refractivity contribution is -0.146. The maximum Gasteiger partial charge on any atom is 0.317 e. The van der Waals surface area contributed by atoms with Gasteiger partial charge in [0.15, 0.2) is 0 Å². The smallest absolute Gasteiger partial charge is 0.317 e. The Morgan fingerprint density at radius 1 is 1.56 bits per heavy atom. The van der Waals surface area contributed by atoms with Gasteiger partial charge < -0.3 is 15.3 Å². The van der Waals surface area contributed by atoms with Crippen molar-refractivity contribution in [3.05, 3.63) is 12.2 Å². The Labute approximate surface area is 104 Å². The Morgan fingerprint density at radius 3 is 2.72 bits per heavy atom. The maximum atomic E-state index is 11.7. The van der Waals surface area contributed by atoms with Crippen LogP contribution in [0.1, 0.15) is 19.7 Å². The van der Waals surface area contributed by atoms with Gasteiger partial charge in [-0.1, -0.05) is 0 Å². The molecule has 1 aromatic heterocycles. The Bertz CT molecular complexity index is 415. The van der Waals surface area contributed by atoms with E-state index in [1.807, 2.05) is 0 Å². The van der Waals surface area contributed by atoms with E-state index in [9.17, 15) is 9.59 Å². The van der Waals surface area contributed by atoms with Crippen molar-refractivity contribution >= 4 is 12.0 Å². The number of hydrogen-bond acceptors (Lipinski definition) is 4. The number of hydrogen-bond donors (Lipinski definition) is 3. The third-order valence-electron chi connectivity index (χ3n) is 2.46. The standard InChI is InChI=1S/C10H17N5O3/c1-10(2,8(16)17)5-11-9(18)15(3)4-7-12-6-13-14-7/h6H,4-5H2,1-3H3,(H,11,18)(H,16,17)(H,12,13,14). The Balaban J connectivity index is 2.43. The number of carbonyl (C=O) groups is 2. The van der Waals surface area contributed by atoms with Crippen LogP contribution < -0.4 is 5.32 Å². The van der Waals surface area contributed by atoms with Crippen molar-refractivity contribution in [2.45, 2.75) is 20.4 Å². The molecule has 0 bridgehead atoms. The molecular weight excluding hydrogens is 238 g/mol. The van der Waals surface area contributed by atoms with Crippen molar-refractivity contribution in [1.29, 1.82) is 0 Å². The van der Waals surface area contributed by atoms with Crippen LogP contribution in [0.15, 0.2) is 6.33 Å². The molecule has 100 valence electrons. The molecule has 18 heavy (non-hydrogen) atoms. The lowest BCUT2D eigenvalue weighted by atomic mass is 9.94. The van der Waals surface area contributed by atoms with E-state index in [1.54, 1.807) is 20.9 Å². The molecule has 8 heteroatoms. The molecule has 0 fully saturated rings. The molecule has 0 saturated heterocycles. The van der Waals surface area contributed by atoms with Gasteiger partial charge in [-0.25, -0.2) is 9.78 Å². The van der Waals surface area contributed by atoms with E-state index in [0.29, 0.717) is 5.82 Å². The van der Waals surface area contributed by atoms with Crippen molar-refractivity contribution in [2.75, 3.05) is 13.6 Å². The summed E-state index contributed by atoms with van der Waals surface area (Å²) in [5, 5.41) is 17.8. The minimum atomic E-state index is -0.997. The van der Waals surface area contributed by atoms with Crippen molar-refractivity contribution in [3.8, 4) is 0 Å². The lowest BCUT2D eigenvalue weighted by Crippen LogP contribution is -2.44. The zero-order valence-corrected chi connectivity index (χ0v) is 10.6. The fourth-order valence-electron chi connectivity index (χ4n) is 1.11. The molecule has 0 unspecified atom stereocenters. The number of nitrogens with one attached hydrogen (secondary N) is 2. The molecule has 1 heterocycles. The monoisotopic (exact) mass is 255 g/mol. The predicted octanol–water partition coefficient (Wildman–Crippen LogP) is 0.0569. The molecule has 8 nitrogen and oxygen atoms in total. The van der Waals surface area contributed by atoms with Crippen molar-refractivity contribution in [1.82, 2.24) is 25.4 Å². The summed E-state index contributed by atoms with van der Waals surface area (Å²) in [7, 11) is 1.59. The average Bonchev–Trinajstić information content (AvgIpc) is 2.78. The summed E-state index contributed by atoms with van der Waals surface area (Å²) in [5.74, 6) is -0.397. The summed E-state index contributed by atoms with van der Waals surface area (Å²) < 4.78 is 0. The SMILES string of the molecule is CN(Cc1ncn[nH]1)C(=O)NCC(C)(C)C(=O)O. The van der Waals surface area contributed by atoms with Gasteiger partial charge in [-0.3, -0.25) is 9.89 Å². The highest BCUT2D eigenvalue weighted by molar-refractivity contribution is 5.77. The normalized spacial score (nSPS) is 11.1. The average molecular weight is 255 g/mol. The summed E-state index contributed by atoms with van der Waals surface area (Å²) >= 11 is 0. The first-order chi connectivity index (χ1) is 8.33. The number of carboxylic acids is 1.